The van der Waals surface area contributed by atoms with Crippen molar-refractivity contribution < 1.29 is 0 Å². The monoisotopic (exact) mass is 145 g/mol. The average molecular weight is 145 g/mol. The van der Waals surface area contributed by atoms with Crippen LogP contribution in [-0.2, 0) is 0 Å². The summed E-state index contributed by atoms with van der Waals surface area (Å²) < 4.78 is 2.62. The number of hydrogen-bond donors (Lipinski definition) is 0. The van der Waals surface area contributed by atoms with Gasteiger partial charge in [0.25, 0.3) is 0 Å². The van der Waals surface area contributed by atoms with E-state index < -0.39 is 0 Å². The number of nitrogens with zero attached hydrogens (tertiary/aromatic N) is 1. The van der Waals surface area contributed by atoms with Crippen molar-refractivity contribution in [3.8, 4) is 0 Å². The van der Waals surface area contributed by atoms with Gasteiger partial charge in [-0.3, -0.25) is 0 Å². The van der Waals surface area contributed by atoms with Crippen molar-refractivity contribution in [2.45, 2.75) is 24.9 Å². The fourth-order valence-electron chi connectivity index (χ4n) is 1.24. The zero-order chi connectivity index (χ0) is 6.20. The Balaban J connectivity index is 2.54. The summed E-state index contributed by atoms with van der Waals surface area (Å²) >= 11 is 0. The van der Waals surface area contributed by atoms with Gasteiger partial charge in [-0.1, -0.05) is 6.92 Å². The third-order valence-electron chi connectivity index (χ3n) is 2.32. The van der Waals surface area contributed by atoms with Gasteiger partial charge in [0.2, 0.25) is 0 Å². The van der Waals surface area contributed by atoms with Crippen molar-refractivity contribution in [1.29, 1.82) is 0 Å². The van der Waals surface area contributed by atoms with Crippen LogP contribution in [0.3, 0.4) is 0 Å². The van der Waals surface area contributed by atoms with Crippen LogP contribution in [-0.4, -0.2) is 36.9 Å². The van der Waals surface area contributed by atoms with E-state index in [-0.39, 0.29) is 0 Å². The second kappa shape index (κ2) is 1.97. The second-order valence-corrected chi connectivity index (χ2v) is 6.57. The lowest BCUT2D eigenvalue weighted by atomic mass is 10.2. The lowest BCUT2D eigenvalue weighted by Gasteiger charge is -2.27. The lowest BCUT2D eigenvalue weighted by molar-refractivity contribution is 0.396. The quantitative estimate of drug-likeness (QED) is 0.373. The Bertz CT molecular complexity index is 92.4. The molecule has 1 atom stereocenters. The summed E-state index contributed by atoms with van der Waals surface area (Å²) in [5, 5.41) is 0.687. The zero-order valence-electron chi connectivity index (χ0n) is 6.07. The summed E-state index contributed by atoms with van der Waals surface area (Å²) in [5.41, 5.74) is 0. The molecule has 1 saturated heterocycles. The SMILES string of the molecule is CC1([SiH3])CCCN1[SiH3]. The molecule has 1 rings (SSSR count). The molecular weight excluding hydrogens is 130 g/mol. The van der Waals surface area contributed by atoms with E-state index in [2.05, 4.69) is 11.5 Å². The first kappa shape index (κ1) is 6.51. The standard InChI is InChI=1S/C5H15NSi2/c1-5(7)3-2-4-6(5)8/h2-4H2,1,7-8H3. The van der Waals surface area contributed by atoms with Gasteiger partial charge in [0.15, 0.2) is 0 Å². The first-order chi connectivity index (χ1) is 3.63. The van der Waals surface area contributed by atoms with Gasteiger partial charge in [-0.2, -0.15) is 0 Å². The van der Waals surface area contributed by atoms with Gasteiger partial charge in [0.1, 0.15) is 0 Å². The van der Waals surface area contributed by atoms with E-state index in [0.717, 1.165) is 0 Å². The molecule has 0 bridgehead atoms. The molecule has 0 aromatic heterocycles. The van der Waals surface area contributed by atoms with Gasteiger partial charge < -0.3 is 4.57 Å². The third kappa shape index (κ3) is 1.04. The predicted molar refractivity (Wildman–Crippen MR) is 44.2 cm³/mol. The summed E-state index contributed by atoms with van der Waals surface area (Å²) in [4.78, 5) is 0. The fraction of sp³-hybridized carbons (Fsp3) is 1.00. The Morgan fingerprint density at radius 2 is 2.25 bits per heavy atom. The second-order valence-electron chi connectivity index (χ2n) is 3.34. The molecule has 0 aliphatic carbocycles. The minimum atomic E-state index is 0.687. The van der Waals surface area contributed by atoms with E-state index in [4.69, 9.17) is 0 Å². The Hall–Kier alpha value is 0.394. The lowest BCUT2D eigenvalue weighted by Crippen LogP contribution is -2.39. The van der Waals surface area contributed by atoms with E-state index in [1.54, 1.807) is 0 Å². The van der Waals surface area contributed by atoms with E-state index in [1.165, 1.54) is 40.0 Å². The van der Waals surface area contributed by atoms with Gasteiger partial charge in [-0.25, -0.2) is 0 Å². The highest BCUT2D eigenvalue weighted by atomic mass is 28.2. The van der Waals surface area contributed by atoms with Crippen LogP contribution in [0.5, 0.6) is 0 Å². The van der Waals surface area contributed by atoms with E-state index >= 15 is 0 Å². The maximum absolute atomic E-state index is 2.62. The molecule has 0 amide bonds. The summed E-state index contributed by atoms with van der Waals surface area (Å²) in [6.07, 6.45) is 2.91. The molecule has 3 heteroatoms. The first-order valence-electron chi connectivity index (χ1n) is 3.34. The Labute approximate surface area is 57.4 Å². The topological polar surface area (TPSA) is 3.24 Å². The smallest absolute Gasteiger partial charge is 0.0787 e. The van der Waals surface area contributed by atoms with Gasteiger partial charge in [0, 0.05) is 10.2 Å². The van der Waals surface area contributed by atoms with E-state index in [9.17, 15) is 0 Å². The van der Waals surface area contributed by atoms with Crippen LogP contribution >= 0.6 is 0 Å². The van der Waals surface area contributed by atoms with E-state index in [1.807, 2.05) is 0 Å². The van der Waals surface area contributed by atoms with Crippen LogP contribution in [0.15, 0.2) is 0 Å². The average Bonchev–Trinajstić information content (AvgIpc) is 1.86. The van der Waals surface area contributed by atoms with Crippen molar-refractivity contribution in [3.63, 3.8) is 0 Å². The van der Waals surface area contributed by atoms with Gasteiger partial charge in [0.05, 0.1) is 10.4 Å². The normalized spacial score (nSPS) is 41.6. The van der Waals surface area contributed by atoms with Crippen molar-refractivity contribution in [1.82, 2.24) is 4.57 Å². The highest BCUT2D eigenvalue weighted by Gasteiger charge is 2.27. The summed E-state index contributed by atoms with van der Waals surface area (Å²) in [6.45, 7) is 3.78. The number of rotatable bonds is 0. The molecular formula is C5H15NSi2. The largest absolute Gasteiger partial charge is 0.331 e. The minimum Gasteiger partial charge on any atom is -0.331 e. The molecule has 0 saturated carbocycles. The maximum atomic E-state index is 2.62. The van der Waals surface area contributed by atoms with Crippen LogP contribution in [0.25, 0.3) is 0 Å². The predicted octanol–water partition coefficient (Wildman–Crippen LogP) is -1.56. The zero-order valence-corrected chi connectivity index (χ0v) is 10.1. The van der Waals surface area contributed by atoms with Crippen molar-refractivity contribution >= 4 is 20.6 Å². The third-order valence-corrected chi connectivity index (χ3v) is 6.13. The van der Waals surface area contributed by atoms with Crippen molar-refractivity contribution in [3.05, 3.63) is 0 Å². The van der Waals surface area contributed by atoms with Crippen LogP contribution in [0.2, 0.25) is 0 Å². The molecule has 1 nitrogen and oxygen atoms in total. The molecule has 0 spiro atoms. The Morgan fingerprint density at radius 3 is 2.38 bits per heavy atom. The van der Waals surface area contributed by atoms with Gasteiger partial charge in [-0.15, -0.1) is 0 Å². The van der Waals surface area contributed by atoms with Crippen molar-refractivity contribution in [2.75, 3.05) is 6.54 Å². The molecule has 0 aromatic carbocycles. The Morgan fingerprint density at radius 1 is 1.62 bits per heavy atom. The molecule has 1 unspecified atom stereocenters. The molecule has 0 aromatic rings. The van der Waals surface area contributed by atoms with E-state index in [0.29, 0.717) is 5.16 Å². The fourth-order valence-corrected chi connectivity index (χ4v) is 2.36. The molecule has 0 N–H and O–H groups in total. The van der Waals surface area contributed by atoms with Gasteiger partial charge in [-0.05, 0) is 24.5 Å². The minimum absolute atomic E-state index is 0.687. The summed E-state index contributed by atoms with van der Waals surface area (Å²) in [6, 6.07) is 0. The highest BCUT2D eigenvalue weighted by molar-refractivity contribution is 6.19. The molecule has 48 valence electrons. The van der Waals surface area contributed by atoms with Crippen LogP contribution < -0.4 is 0 Å². The summed E-state index contributed by atoms with van der Waals surface area (Å²) in [7, 11) is 2.64. The molecule has 1 heterocycles. The molecule has 0 radical (unpaired) electrons. The van der Waals surface area contributed by atoms with Gasteiger partial charge >= 0.3 is 0 Å². The first-order valence-corrected chi connectivity index (χ1v) is 5.24. The number of hydrogen-bond acceptors (Lipinski definition) is 1. The van der Waals surface area contributed by atoms with Crippen LogP contribution in [0, 0.1) is 0 Å². The van der Waals surface area contributed by atoms with Crippen LogP contribution in [0.1, 0.15) is 19.8 Å². The molecule has 1 aliphatic heterocycles. The van der Waals surface area contributed by atoms with Crippen molar-refractivity contribution in [2.24, 2.45) is 0 Å². The van der Waals surface area contributed by atoms with Crippen LogP contribution in [0.4, 0.5) is 0 Å². The Kier molecular flexibility index (Phi) is 1.60. The molecule has 1 fully saturated rings. The molecule has 1 aliphatic rings. The molecule has 8 heavy (non-hydrogen) atoms. The highest BCUT2D eigenvalue weighted by Crippen LogP contribution is 2.22. The summed E-state index contributed by atoms with van der Waals surface area (Å²) in [5.74, 6) is 0. The maximum Gasteiger partial charge on any atom is 0.0787 e.